The van der Waals surface area contributed by atoms with Crippen molar-refractivity contribution in [2.45, 2.75) is 25.3 Å². The van der Waals surface area contributed by atoms with E-state index < -0.39 is 0 Å². The van der Waals surface area contributed by atoms with Gasteiger partial charge < -0.3 is 15.7 Å². The van der Waals surface area contributed by atoms with Crippen molar-refractivity contribution in [2.24, 2.45) is 0 Å². The van der Waals surface area contributed by atoms with Crippen LogP contribution in [0.4, 0.5) is 0 Å². The Morgan fingerprint density at radius 2 is 2.47 bits per heavy atom. The van der Waals surface area contributed by atoms with Crippen LogP contribution >= 0.6 is 0 Å². The van der Waals surface area contributed by atoms with E-state index in [1.165, 1.54) is 31.3 Å². The second-order valence-corrected chi connectivity index (χ2v) is 4.27. The Balaban J connectivity index is 1.77. The highest BCUT2D eigenvalue weighted by molar-refractivity contribution is 5.94. The summed E-state index contributed by atoms with van der Waals surface area (Å²) >= 11 is 0. The summed E-state index contributed by atoms with van der Waals surface area (Å²) in [7, 11) is 0. The van der Waals surface area contributed by atoms with Gasteiger partial charge in [0.25, 0.3) is 5.91 Å². The van der Waals surface area contributed by atoms with E-state index in [1.807, 2.05) is 0 Å². The van der Waals surface area contributed by atoms with Crippen LogP contribution in [0.25, 0.3) is 0 Å². The van der Waals surface area contributed by atoms with Crippen LogP contribution in [-0.4, -0.2) is 35.1 Å². The fourth-order valence-corrected chi connectivity index (χ4v) is 2.02. The Bertz CT molecular complexity index is 389. The maximum atomic E-state index is 11.7. The molecule has 1 aromatic heterocycles. The maximum Gasteiger partial charge on any atom is 0.252 e. The van der Waals surface area contributed by atoms with Crippen LogP contribution in [-0.2, 0) is 0 Å². The first kappa shape index (κ1) is 11.9. The smallest absolute Gasteiger partial charge is 0.252 e. The first-order valence-electron chi connectivity index (χ1n) is 5.91. The van der Waals surface area contributed by atoms with Gasteiger partial charge in [-0.15, -0.1) is 0 Å². The first-order chi connectivity index (χ1) is 8.25. The molecule has 92 valence electrons. The van der Waals surface area contributed by atoms with E-state index in [2.05, 4.69) is 15.6 Å². The van der Waals surface area contributed by atoms with Crippen molar-refractivity contribution in [3.8, 4) is 5.75 Å². The first-order valence-corrected chi connectivity index (χ1v) is 5.91. The molecule has 0 aliphatic carbocycles. The van der Waals surface area contributed by atoms with Gasteiger partial charge in [0.1, 0.15) is 5.75 Å². The number of carbonyl (C=O) groups excluding carboxylic acids is 1. The maximum absolute atomic E-state index is 11.7. The molecular formula is C12H17N3O2. The molecular weight excluding hydrogens is 218 g/mol. The summed E-state index contributed by atoms with van der Waals surface area (Å²) in [4.78, 5) is 15.5. The predicted molar refractivity (Wildman–Crippen MR) is 63.9 cm³/mol. The number of pyridine rings is 1. The number of nitrogens with zero attached hydrogens (tertiary/aromatic N) is 1. The lowest BCUT2D eigenvalue weighted by atomic mass is 10.1. The molecule has 1 saturated heterocycles. The van der Waals surface area contributed by atoms with E-state index in [4.69, 9.17) is 0 Å². The van der Waals surface area contributed by atoms with Gasteiger partial charge in [0.05, 0.1) is 11.8 Å². The molecule has 0 aromatic carbocycles. The number of hydrogen-bond acceptors (Lipinski definition) is 4. The van der Waals surface area contributed by atoms with Crippen LogP contribution in [0.3, 0.4) is 0 Å². The normalized spacial score (nSPS) is 19.2. The van der Waals surface area contributed by atoms with Crippen molar-refractivity contribution < 1.29 is 9.90 Å². The minimum absolute atomic E-state index is 0.00936. The molecule has 1 aliphatic rings. The number of amides is 1. The van der Waals surface area contributed by atoms with Crippen molar-refractivity contribution in [1.82, 2.24) is 15.6 Å². The van der Waals surface area contributed by atoms with Crippen molar-refractivity contribution in [3.05, 3.63) is 24.0 Å². The molecule has 5 nitrogen and oxygen atoms in total. The van der Waals surface area contributed by atoms with E-state index in [0.717, 1.165) is 13.0 Å². The van der Waals surface area contributed by atoms with Gasteiger partial charge in [0.15, 0.2) is 0 Å². The molecule has 0 spiro atoms. The van der Waals surface area contributed by atoms with Crippen molar-refractivity contribution in [3.63, 3.8) is 0 Å². The molecule has 1 atom stereocenters. The molecule has 1 aliphatic heterocycles. The van der Waals surface area contributed by atoms with Crippen molar-refractivity contribution in [2.75, 3.05) is 13.1 Å². The zero-order valence-electron chi connectivity index (χ0n) is 9.65. The minimum Gasteiger partial charge on any atom is -0.506 e. The fraction of sp³-hybridized carbons (Fsp3) is 0.500. The van der Waals surface area contributed by atoms with Crippen LogP contribution in [0.2, 0.25) is 0 Å². The Morgan fingerprint density at radius 3 is 3.18 bits per heavy atom. The van der Waals surface area contributed by atoms with Crippen LogP contribution in [0, 0.1) is 0 Å². The average Bonchev–Trinajstić information content (AvgIpc) is 2.82. The number of aromatic nitrogens is 1. The molecule has 3 N–H and O–H groups in total. The molecule has 1 fully saturated rings. The number of carbonyl (C=O) groups is 1. The SMILES string of the molecule is O=C(NCC[C@H]1CCCN1)c1cncc(O)c1. The van der Waals surface area contributed by atoms with Crippen molar-refractivity contribution in [1.29, 1.82) is 0 Å². The summed E-state index contributed by atoms with van der Waals surface area (Å²) in [6.45, 7) is 1.72. The van der Waals surface area contributed by atoms with E-state index in [1.54, 1.807) is 0 Å². The second-order valence-electron chi connectivity index (χ2n) is 4.27. The zero-order chi connectivity index (χ0) is 12.1. The van der Waals surface area contributed by atoms with Gasteiger partial charge in [0, 0.05) is 18.8 Å². The van der Waals surface area contributed by atoms with E-state index in [0.29, 0.717) is 18.2 Å². The summed E-state index contributed by atoms with van der Waals surface area (Å²) in [5.41, 5.74) is 0.393. The Kier molecular flexibility index (Phi) is 3.93. The highest BCUT2D eigenvalue weighted by Gasteiger charge is 2.14. The van der Waals surface area contributed by atoms with Gasteiger partial charge in [-0.25, -0.2) is 0 Å². The molecule has 1 aromatic rings. The Morgan fingerprint density at radius 1 is 1.59 bits per heavy atom. The largest absolute Gasteiger partial charge is 0.506 e. The van der Waals surface area contributed by atoms with Gasteiger partial charge in [0.2, 0.25) is 0 Å². The van der Waals surface area contributed by atoms with Crippen LogP contribution in [0.15, 0.2) is 18.5 Å². The molecule has 1 amide bonds. The molecule has 0 radical (unpaired) electrons. The second kappa shape index (κ2) is 5.63. The molecule has 0 bridgehead atoms. The number of rotatable bonds is 4. The standard InChI is InChI=1S/C12H17N3O2/c16-11-6-9(7-13-8-11)12(17)15-5-3-10-2-1-4-14-10/h6-8,10,14,16H,1-5H2,(H,15,17)/t10-/m1/s1. The lowest BCUT2D eigenvalue weighted by Crippen LogP contribution is -2.30. The minimum atomic E-state index is -0.189. The summed E-state index contributed by atoms with van der Waals surface area (Å²) in [6, 6.07) is 1.94. The number of nitrogens with one attached hydrogen (secondary N) is 2. The highest BCUT2D eigenvalue weighted by Crippen LogP contribution is 2.09. The summed E-state index contributed by atoms with van der Waals surface area (Å²) < 4.78 is 0. The van der Waals surface area contributed by atoms with Gasteiger partial charge >= 0.3 is 0 Å². The Hall–Kier alpha value is -1.62. The zero-order valence-corrected chi connectivity index (χ0v) is 9.65. The molecule has 2 rings (SSSR count). The van der Waals surface area contributed by atoms with Crippen molar-refractivity contribution >= 4 is 5.91 Å². The third kappa shape index (κ3) is 3.42. The topological polar surface area (TPSA) is 74.2 Å². The fourth-order valence-electron chi connectivity index (χ4n) is 2.02. The highest BCUT2D eigenvalue weighted by atomic mass is 16.3. The summed E-state index contributed by atoms with van der Waals surface area (Å²) in [5, 5.41) is 15.4. The van der Waals surface area contributed by atoms with E-state index in [9.17, 15) is 9.90 Å². The predicted octanol–water partition coefficient (Wildman–Crippen LogP) is 0.659. The van der Waals surface area contributed by atoms with E-state index in [-0.39, 0.29) is 11.7 Å². The summed E-state index contributed by atoms with van der Waals surface area (Å²) in [5.74, 6) is -0.179. The third-order valence-electron chi connectivity index (χ3n) is 2.93. The molecule has 0 saturated carbocycles. The Labute approximate surface area is 100 Å². The number of aromatic hydroxyl groups is 1. The van der Waals surface area contributed by atoms with Gasteiger partial charge in [-0.3, -0.25) is 9.78 Å². The molecule has 17 heavy (non-hydrogen) atoms. The lowest BCUT2D eigenvalue weighted by Gasteiger charge is -2.10. The number of hydrogen-bond donors (Lipinski definition) is 3. The van der Waals surface area contributed by atoms with Gasteiger partial charge in [-0.05, 0) is 31.9 Å². The average molecular weight is 235 g/mol. The van der Waals surface area contributed by atoms with Gasteiger partial charge in [-0.2, -0.15) is 0 Å². The monoisotopic (exact) mass is 235 g/mol. The van der Waals surface area contributed by atoms with Crippen LogP contribution in [0.1, 0.15) is 29.6 Å². The quantitative estimate of drug-likeness (QED) is 0.716. The lowest BCUT2D eigenvalue weighted by molar-refractivity contribution is 0.0951. The third-order valence-corrected chi connectivity index (χ3v) is 2.93. The van der Waals surface area contributed by atoms with E-state index >= 15 is 0 Å². The van der Waals surface area contributed by atoms with Crippen LogP contribution in [0.5, 0.6) is 5.75 Å². The molecule has 2 heterocycles. The van der Waals surface area contributed by atoms with Gasteiger partial charge in [-0.1, -0.05) is 0 Å². The molecule has 0 unspecified atom stereocenters. The van der Waals surface area contributed by atoms with Crippen LogP contribution < -0.4 is 10.6 Å². The molecule has 5 heteroatoms. The summed E-state index contributed by atoms with van der Waals surface area (Å²) in [6.07, 6.45) is 6.10.